The minimum atomic E-state index is -0.0441. The first-order chi connectivity index (χ1) is 8.83. The number of aromatic amines is 1. The lowest BCUT2D eigenvalue weighted by Crippen LogP contribution is -2.10. The van der Waals surface area contributed by atoms with Gasteiger partial charge < -0.3 is 5.32 Å². The molecule has 0 saturated carbocycles. The summed E-state index contributed by atoms with van der Waals surface area (Å²) in [6.07, 6.45) is 7.65. The van der Waals surface area contributed by atoms with Gasteiger partial charge in [0.05, 0.1) is 11.1 Å². The van der Waals surface area contributed by atoms with Gasteiger partial charge in [-0.15, -0.1) is 11.3 Å². The number of nitrogens with zero attached hydrogens (tertiary/aromatic N) is 1. The third-order valence-corrected chi connectivity index (χ3v) is 4.46. The quantitative estimate of drug-likeness (QED) is 0.816. The summed E-state index contributed by atoms with van der Waals surface area (Å²) in [5.74, 6) is 0.598. The Bertz CT molecular complexity index is 521. The van der Waals surface area contributed by atoms with Crippen LogP contribution in [0.15, 0.2) is 18.3 Å². The molecule has 94 valence electrons. The smallest absolute Gasteiger partial charge is 0.266 e. The number of thiophene rings is 1. The van der Waals surface area contributed by atoms with Gasteiger partial charge in [0.25, 0.3) is 5.91 Å². The van der Waals surface area contributed by atoms with Gasteiger partial charge >= 0.3 is 0 Å². The Morgan fingerprint density at radius 2 is 2.22 bits per heavy atom. The Kier molecular flexibility index (Phi) is 3.15. The van der Waals surface area contributed by atoms with Crippen LogP contribution < -0.4 is 5.32 Å². The molecule has 2 aromatic rings. The number of nitrogens with one attached hydrogen (secondary N) is 2. The number of aryl methyl sites for hydroxylation is 2. The van der Waals surface area contributed by atoms with Crippen molar-refractivity contribution in [3.8, 4) is 0 Å². The number of amides is 1. The van der Waals surface area contributed by atoms with E-state index in [-0.39, 0.29) is 5.91 Å². The number of carbonyl (C=O) groups is 1. The van der Waals surface area contributed by atoms with Crippen molar-refractivity contribution in [1.82, 2.24) is 10.2 Å². The number of anilines is 1. The first kappa shape index (κ1) is 11.5. The van der Waals surface area contributed by atoms with Gasteiger partial charge in [-0.25, -0.2) is 0 Å². The van der Waals surface area contributed by atoms with E-state index in [0.717, 1.165) is 17.7 Å². The van der Waals surface area contributed by atoms with Crippen LogP contribution in [0.1, 0.15) is 39.4 Å². The average Bonchev–Trinajstić information content (AvgIpc) is 2.95. The topological polar surface area (TPSA) is 57.8 Å². The van der Waals surface area contributed by atoms with Crippen molar-refractivity contribution < 1.29 is 4.79 Å². The van der Waals surface area contributed by atoms with Gasteiger partial charge in [0, 0.05) is 10.9 Å². The molecule has 0 saturated heterocycles. The maximum atomic E-state index is 12.1. The van der Waals surface area contributed by atoms with Gasteiger partial charge in [-0.3, -0.25) is 9.89 Å². The highest BCUT2D eigenvalue weighted by Gasteiger charge is 2.16. The van der Waals surface area contributed by atoms with Crippen LogP contribution in [0.3, 0.4) is 0 Å². The Morgan fingerprint density at radius 3 is 3.06 bits per heavy atom. The van der Waals surface area contributed by atoms with E-state index in [2.05, 4.69) is 21.6 Å². The highest BCUT2D eigenvalue weighted by molar-refractivity contribution is 7.14. The van der Waals surface area contributed by atoms with Gasteiger partial charge in [0.2, 0.25) is 0 Å². The highest BCUT2D eigenvalue weighted by Crippen LogP contribution is 2.29. The molecule has 2 aromatic heterocycles. The molecule has 1 amide bonds. The summed E-state index contributed by atoms with van der Waals surface area (Å²) in [5, 5.41) is 9.36. The first-order valence-electron chi connectivity index (χ1n) is 6.25. The van der Waals surface area contributed by atoms with Crippen molar-refractivity contribution in [2.24, 2.45) is 0 Å². The van der Waals surface area contributed by atoms with Crippen molar-refractivity contribution in [3.05, 3.63) is 33.6 Å². The van der Waals surface area contributed by atoms with E-state index in [4.69, 9.17) is 0 Å². The van der Waals surface area contributed by atoms with E-state index in [1.807, 2.05) is 0 Å². The lowest BCUT2D eigenvalue weighted by molar-refractivity contribution is 0.103. The van der Waals surface area contributed by atoms with Crippen molar-refractivity contribution in [3.63, 3.8) is 0 Å². The lowest BCUT2D eigenvalue weighted by atomic mass is 10.1. The summed E-state index contributed by atoms with van der Waals surface area (Å²) >= 11 is 1.63. The zero-order valence-electron chi connectivity index (χ0n) is 10.0. The molecule has 0 bridgehead atoms. The van der Waals surface area contributed by atoms with Crippen molar-refractivity contribution >= 4 is 23.1 Å². The van der Waals surface area contributed by atoms with E-state index in [1.165, 1.54) is 29.7 Å². The summed E-state index contributed by atoms with van der Waals surface area (Å²) in [6, 6.07) is 3.80. The molecule has 0 unspecified atom stereocenters. The maximum Gasteiger partial charge on any atom is 0.266 e. The predicted octanol–water partition coefficient (Wildman–Crippen LogP) is 2.99. The molecule has 3 rings (SSSR count). The van der Waals surface area contributed by atoms with Gasteiger partial charge in [-0.2, -0.15) is 5.10 Å². The highest BCUT2D eigenvalue weighted by atomic mass is 32.1. The minimum absolute atomic E-state index is 0.0441. The molecule has 5 heteroatoms. The third kappa shape index (κ3) is 2.31. The third-order valence-electron chi connectivity index (χ3n) is 3.22. The summed E-state index contributed by atoms with van der Waals surface area (Å²) in [5.41, 5.74) is 1.37. The standard InChI is InChI=1S/C13H15N3OS/c17-13(15-12-6-7-14-16-12)11-8-9-4-2-1-3-5-10(9)18-11/h6-8H,1-5H2,(H2,14,15,16,17). The molecule has 2 N–H and O–H groups in total. The molecule has 1 aliphatic rings. The van der Waals surface area contributed by atoms with Crippen LogP contribution in [-0.4, -0.2) is 16.1 Å². The number of H-pyrrole nitrogens is 1. The summed E-state index contributed by atoms with van der Waals surface area (Å²) < 4.78 is 0. The number of aromatic nitrogens is 2. The van der Waals surface area contributed by atoms with Gasteiger partial charge in [0.15, 0.2) is 0 Å². The van der Waals surface area contributed by atoms with Gasteiger partial charge in [-0.1, -0.05) is 6.42 Å². The number of fused-ring (bicyclic) bond motifs is 1. The molecular weight excluding hydrogens is 246 g/mol. The minimum Gasteiger partial charge on any atom is -0.306 e. The largest absolute Gasteiger partial charge is 0.306 e. The fourth-order valence-electron chi connectivity index (χ4n) is 2.29. The zero-order chi connectivity index (χ0) is 12.4. The lowest BCUT2D eigenvalue weighted by Gasteiger charge is -1.98. The summed E-state index contributed by atoms with van der Waals surface area (Å²) in [6.45, 7) is 0. The molecule has 2 heterocycles. The van der Waals surface area contributed by atoms with Crippen LogP contribution >= 0.6 is 11.3 Å². The Morgan fingerprint density at radius 1 is 1.33 bits per heavy atom. The van der Waals surface area contributed by atoms with Crippen molar-refractivity contribution in [2.75, 3.05) is 5.32 Å². The molecule has 4 nitrogen and oxygen atoms in total. The van der Waals surface area contributed by atoms with Crippen LogP contribution in [0, 0.1) is 0 Å². The van der Waals surface area contributed by atoms with Crippen molar-refractivity contribution in [2.45, 2.75) is 32.1 Å². The fourth-order valence-corrected chi connectivity index (χ4v) is 3.44. The average molecular weight is 261 g/mol. The molecular formula is C13H15N3OS. The SMILES string of the molecule is O=C(Nc1ccn[nH]1)c1cc2c(s1)CCCCC2. The van der Waals surface area contributed by atoms with E-state index in [9.17, 15) is 4.79 Å². The predicted molar refractivity (Wildman–Crippen MR) is 72.1 cm³/mol. The zero-order valence-corrected chi connectivity index (χ0v) is 10.8. The molecule has 0 aliphatic heterocycles. The van der Waals surface area contributed by atoms with Crippen LogP contribution in [0.4, 0.5) is 5.82 Å². The Hall–Kier alpha value is -1.62. The second kappa shape index (κ2) is 4.94. The number of hydrogen-bond donors (Lipinski definition) is 2. The van der Waals surface area contributed by atoms with E-state index in [0.29, 0.717) is 5.82 Å². The van der Waals surface area contributed by atoms with Crippen LogP contribution in [-0.2, 0) is 12.8 Å². The molecule has 0 spiro atoms. The fraction of sp³-hybridized carbons (Fsp3) is 0.385. The van der Waals surface area contributed by atoms with Crippen molar-refractivity contribution in [1.29, 1.82) is 0 Å². The second-order valence-corrected chi connectivity index (χ2v) is 5.68. The molecule has 0 atom stereocenters. The van der Waals surface area contributed by atoms with Crippen LogP contribution in [0.25, 0.3) is 0 Å². The van der Waals surface area contributed by atoms with Crippen LogP contribution in [0.5, 0.6) is 0 Å². The molecule has 0 fully saturated rings. The van der Waals surface area contributed by atoms with Gasteiger partial charge in [-0.05, 0) is 37.3 Å². The molecule has 0 aromatic carbocycles. The Balaban J connectivity index is 1.78. The van der Waals surface area contributed by atoms with E-state index in [1.54, 1.807) is 23.6 Å². The monoisotopic (exact) mass is 261 g/mol. The summed E-state index contributed by atoms with van der Waals surface area (Å²) in [7, 11) is 0. The maximum absolute atomic E-state index is 12.1. The number of carbonyl (C=O) groups excluding carboxylic acids is 1. The Labute approximate surface area is 109 Å². The van der Waals surface area contributed by atoms with Gasteiger partial charge in [0.1, 0.15) is 5.82 Å². The summed E-state index contributed by atoms with van der Waals surface area (Å²) in [4.78, 5) is 14.3. The normalized spacial score (nSPS) is 14.9. The molecule has 1 aliphatic carbocycles. The number of rotatable bonds is 2. The second-order valence-electron chi connectivity index (χ2n) is 4.54. The molecule has 18 heavy (non-hydrogen) atoms. The van der Waals surface area contributed by atoms with E-state index >= 15 is 0 Å². The molecule has 0 radical (unpaired) electrons. The number of hydrogen-bond acceptors (Lipinski definition) is 3. The van der Waals surface area contributed by atoms with E-state index < -0.39 is 0 Å². The first-order valence-corrected chi connectivity index (χ1v) is 7.07. The van der Waals surface area contributed by atoms with Crippen LogP contribution in [0.2, 0.25) is 0 Å².